The third kappa shape index (κ3) is 4.61. The van der Waals surface area contributed by atoms with E-state index in [0.29, 0.717) is 34.0 Å². The lowest BCUT2D eigenvalue weighted by Gasteiger charge is -2.22. The average Bonchev–Trinajstić information content (AvgIpc) is 3.51. The molecule has 8 nitrogen and oxygen atoms in total. The Kier molecular flexibility index (Phi) is 6.56. The van der Waals surface area contributed by atoms with Crippen molar-refractivity contribution in [3.05, 3.63) is 82.0 Å². The highest BCUT2D eigenvalue weighted by atomic mass is 32.1. The molecule has 2 aromatic heterocycles. The van der Waals surface area contributed by atoms with Crippen LogP contribution in [0.4, 0.5) is 5.00 Å². The van der Waals surface area contributed by atoms with E-state index in [1.165, 1.54) is 37.3 Å². The highest BCUT2D eigenvalue weighted by Crippen LogP contribution is 2.42. The van der Waals surface area contributed by atoms with E-state index in [-0.39, 0.29) is 0 Å². The normalized spacial score (nSPS) is 15.7. The van der Waals surface area contributed by atoms with E-state index in [9.17, 15) is 14.4 Å². The highest BCUT2D eigenvalue weighted by molar-refractivity contribution is 7.17. The lowest BCUT2D eigenvalue weighted by atomic mass is 9.83. The van der Waals surface area contributed by atoms with Gasteiger partial charge in [-0.1, -0.05) is 30.3 Å². The zero-order valence-electron chi connectivity index (χ0n) is 19.9. The topological polar surface area (TPSA) is 110 Å². The fourth-order valence-electron chi connectivity index (χ4n) is 4.56. The number of H-pyrrole nitrogens is 1. The predicted octanol–water partition coefficient (Wildman–Crippen LogP) is 4.87. The Balaban J connectivity index is 1.32. The number of hydrogen-bond acceptors (Lipinski definition) is 7. The molecule has 0 radical (unpaired) electrons. The van der Waals surface area contributed by atoms with Gasteiger partial charge < -0.3 is 19.8 Å². The number of carbonyl (C=O) groups is 3. The van der Waals surface area contributed by atoms with Crippen LogP contribution in [0.3, 0.4) is 0 Å². The minimum absolute atomic E-state index is 0.306. The first-order chi connectivity index (χ1) is 17.4. The van der Waals surface area contributed by atoms with Crippen LogP contribution in [0.2, 0.25) is 0 Å². The van der Waals surface area contributed by atoms with E-state index in [4.69, 9.17) is 9.47 Å². The van der Waals surface area contributed by atoms with E-state index in [1.54, 1.807) is 18.2 Å². The third-order valence-electron chi connectivity index (χ3n) is 6.47. The molecule has 2 unspecified atom stereocenters. The summed E-state index contributed by atoms with van der Waals surface area (Å²) in [6, 6.07) is 15.2. The molecule has 0 bridgehead atoms. The maximum absolute atomic E-state index is 13.0. The summed E-state index contributed by atoms with van der Waals surface area (Å²) < 4.78 is 10.4. The number of aromatic amines is 1. The van der Waals surface area contributed by atoms with E-state index in [0.717, 1.165) is 28.8 Å². The van der Waals surface area contributed by atoms with Gasteiger partial charge in [-0.25, -0.2) is 14.6 Å². The Morgan fingerprint density at radius 2 is 1.94 bits per heavy atom. The van der Waals surface area contributed by atoms with E-state index in [2.05, 4.69) is 27.4 Å². The SMILES string of the molecule is COC(=O)c1c(NC(=O)C(C)OC(=O)c2ccc3nc[nH]c3c2)sc2c1CCC(c1ccccc1)C2. The van der Waals surface area contributed by atoms with Gasteiger partial charge in [-0.05, 0) is 61.4 Å². The Morgan fingerprint density at radius 1 is 1.14 bits per heavy atom. The molecule has 9 heteroatoms. The molecule has 184 valence electrons. The molecule has 36 heavy (non-hydrogen) atoms. The second kappa shape index (κ2) is 9.94. The lowest BCUT2D eigenvalue weighted by Crippen LogP contribution is -2.30. The van der Waals surface area contributed by atoms with Crippen molar-refractivity contribution in [3.63, 3.8) is 0 Å². The summed E-state index contributed by atoms with van der Waals surface area (Å²) in [7, 11) is 1.33. The van der Waals surface area contributed by atoms with Gasteiger partial charge in [0.15, 0.2) is 6.10 Å². The van der Waals surface area contributed by atoms with Gasteiger partial charge in [-0.3, -0.25) is 4.79 Å². The molecular weight excluding hydrogens is 478 g/mol. The first-order valence-electron chi connectivity index (χ1n) is 11.7. The van der Waals surface area contributed by atoms with Crippen LogP contribution in [0.15, 0.2) is 54.9 Å². The predicted molar refractivity (Wildman–Crippen MR) is 136 cm³/mol. The number of amides is 1. The van der Waals surface area contributed by atoms with Crippen molar-refractivity contribution in [2.24, 2.45) is 0 Å². The largest absolute Gasteiger partial charge is 0.465 e. The number of anilines is 1. The van der Waals surface area contributed by atoms with Crippen molar-refractivity contribution in [2.75, 3.05) is 12.4 Å². The number of aromatic nitrogens is 2. The number of ether oxygens (including phenoxy) is 2. The number of imidazole rings is 1. The number of rotatable bonds is 6. The molecule has 1 aliphatic rings. The number of nitrogens with one attached hydrogen (secondary N) is 2. The maximum atomic E-state index is 13.0. The molecule has 0 aliphatic heterocycles. The minimum atomic E-state index is -1.07. The van der Waals surface area contributed by atoms with Crippen molar-refractivity contribution in [3.8, 4) is 0 Å². The number of thiophene rings is 1. The quantitative estimate of drug-likeness (QED) is 0.363. The van der Waals surface area contributed by atoms with Crippen molar-refractivity contribution in [2.45, 2.75) is 38.2 Å². The van der Waals surface area contributed by atoms with Crippen LogP contribution in [0.1, 0.15) is 56.0 Å². The van der Waals surface area contributed by atoms with Crippen LogP contribution in [0, 0.1) is 0 Å². The standard InChI is InChI=1S/C27H25N3O5S/c1-15(35-26(32)18-9-11-20-21(12-18)29-14-28-20)24(31)30-25-23(27(33)34-2)19-10-8-17(13-22(19)36-25)16-6-4-3-5-7-16/h3-7,9,11-12,14-15,17H,8,10,13H2,1-2H3,(H,28,29)(H,30,31). The molecule has 0 fully saturated rings. The molecular formula is C27H25N3O5S. The fraction of sp³-hybridized carbons (Fsp3) is 0.259. The molecule has 0 spiro atoms. The Morgan fingerprint density at radius 3 is 2.72 bits per heavy atom. The summed E-state index contributed by atoms with van der Waals surface area (Å²) in [5.41, 5.74) is 4.30. The van der Waals surface area contributed by atoms with Crippen LogP contribution < -0.4 is 5.32 Å². The number of nitrogens with zero attached hydrogens (tertiary/aromatic N) is 1. The smallest absolute Gasteiger partial charge is 0.341 e. The van der Waals surface area contributed by atoms with Crippen molar-refractivity contribution in [1.29, 1.82) is 0 Å². The molecule has 2 N–H and O–H groups in total. The second-order valence-corrected chi connectivity index (χ2v) is 9.83. The van der Waals surface area contributed by atoms with E-state index < -0.39 is 23.9 Å². The molecule has 1 aliphatic carbocycles. The summed E-state index contributed by atoms with van der Waals surface area (Å²) in [6.07, 6.45) is 2.87. The zero-order chi connectivity index (χ0) is 25.2. The number of methoxy groups -OCH3 is 1. The number of fused-ring (bicyclic) bond motifs is 2. The Labute approximate surface area is 211 Å². The average molecular weight is 504 g/mol. The van der Waals surface area contributed by atoms with Crippen LogP contribution in [0.5, 0.6) is 0 Å². The van der Waals surface area contributed by atoms with Crippen LogP contribution in [-0.2, 0) is 27.1 Å². The first-order valence-corrected chi connectivity index (χ1v) is 12.5. The van der Waals surface area contributed by atoms with Gasteiger partial charge in [-0.2, -0.15) is 0 Å². The number of carbonyl (C=O) groups excluding carboxylic acids is 3. The van der Waals surface area contributed by atoms with Crippen molar-refractivity contribution in [1.82, 2.24) is 9.97 Å². The molecule has 2 heterocycles. The van der Waals surface area contributed by atoms with Gasteiger partial charge >= 0.3 is 11.9 Å². The Bertz CT molecular complexity index is 1440. The van der Waals surface area contributed by atoms with Crippen LogP contribution in [0.25, 0.3) is 11.0 Å². The van der Waals surface area contributed by atoms with Crippen molar-refractivity contribution >= 4 is 45.2 Å². The molecule has 2 atom stereocenters. The fourth-order valence-corrected chi connectivity index (χ4v) is 5.88. The second-order valence-electron chi connectivity index (χ2n) is 8.72. The van der Waals surface area contributed by atoms with Gasteiger partial charge in [0, 0.05) is 4.88 Å². The van der Waals surface area contributed by atoms with Gasteiger partial charge in [-0.15, -0.1) is 11.3 Å². The summed E-state index contributed by atoms with van der Waals surface area (Å²) >= 11 is 1.38. The van der Waals surface area contributed by atoms with Crippen LogP contribution >= 0.6 is 11.3 Å². The summed E-state index contributed by atoms with van der Waals surface area (Å²) in [4.78, 5) is 46.4. The molecule has 1 amide bonds. The van der Waals surface area contributed by atoms with E-state index in [1.807, 2.05) is 18.2 Å². The molecule has 0 saturated carbocycles. The minimum Gasteiger partial charge on any atom is -0.465 e. The zero-order valence-corrected chi connectivity index (χ0v) is 20.7. The third-order valence-corrected chi connectivity index (χ3v) is 7.64. The monoisotopic (exact) mass is 503 g/mol. The lowest BCUT2D eigenvalue weighted by molar-refractivity contribution is -0.123. The number of esters is 2. The van der Waals surface area contributed by atoms with Gasteiger partial charge in [0.05, 0.1) is 35.6 Å². The molecule has 2 aromatic carbocycles. The summed E-state index contributed by atoms with van der Waals surface area (Å²) in [6.45, 7) is 1.50. The van der Waals surface area contributed by atoms with E-state index >= 15 is 0 Å². The van der Waals surface area contributed by atoms with Crippen molar-refractivity contribution < 1.29 is 23.9 Å². The van der Waals surface area contributed by atoms with Crippen LogP contribution in [-0.4, -0.2) is 41.0 Å². The Hall–Kier alpha value is -3.98. The molecule has 5 rings (SSSR count). The summed E-state index contributed by atoms with van der Waals surface area (Å²) in [5, 5.41) is 3.23. The van der Waals surface area contributed by atoms with Gasteiger partial charge in [0.25, 0.3) is 5.91 Å². The van der Waals surface area contributed by atoms with Gasteiger partial charge in [0.2, 0.25) is 0 Å². The maximum Gasteiger partial charge on any atom is 0.341 e. The number of hydrogen-bond donors (Lipinski definition) is 2. The molecule has 4 aromatic rings. The van der Waals surface area contributed by atoms with Gasteiger partial charge in [0.1, 0.15) is 5.00 Å². The molecule has 0 saturated heterocycles. The highest BCUT2D eigenvalue weighted by Gasteiger charge is 2.31. The summed E-state index contributed by atoms with van der Waals surface area (Å²) in [5.74, 6) is -1.29. The first kappa shape index (κ1) is 23.7. The number of benzene rings is 2.